The first-order valence-electron chi connectivity index (χ1n) is 5.97. The summed E-state index contributed by atoms with van der Waals surface area (Å²) >= 11 is 0. The summed E-state index contributed by atoms with van der Waals surface area (Å²) in [6, 6.07) is 0. The van der Waals surface area contributed by atoms with Gasteiger partial charge in [0.15, 0.2) is 0 Å². The second kappa shape index (κ2) is 4.09. The number of nitrogens with zero attached hydrogens (tertiary/aromatic N) is 1. The van der Waals surface area contributed by atoms with Crippen LogP contribution in [0.15, 0.2) is 0 Å². The minimum atomic E-state index is -0.833. The molecule has 2 aliphatic rings. The number of ketones is 1. The van der Waals surface area contributed by atoms with E-state index in [2.05, 4.69) is 0 Å². The predicted molar refractivity (Wildman–Crippen MR) is 59.6 cm³/mol. The highest BCUT2D eigenvalue weighted by Gasteiger charge is 2.42. The van der Waals surface area contributed by atoms with Crippen molar-refractivity contribution in [2.45, 2.75) is 45.6 Å². The lowest BCUT2D eigenvalue weighted by Gasteiger charge is -2.30. The fraction of sp³-hybridized carbons (Fsp3) is 0.917. The molecule has 16 heavy (non-hydrogen) atoms. The van der Waals surface area contributed by atoms with Crippen molar-refractivity contribution in [1.82, 2.24) is 4.90 Å². The van der Waals surface area contributed by atoms with Crippen molar-refractivity contribution in [3.8, 4) is 0 Å². The summed E-state index contributed by atoms with van der Waals surface area (Å²) in [5, 5.41) is 9.92. The number of aliphatic hydroxyl groups excluding tert-OH is 1. The van der Waals surface area contributed by atoms with Crippen molar-refractivity contribution in [3.63, 3.8) is 0 Å². The molecule has 1 saturated heterocycles. The van der Waals surface area contributed by atoms with E-state index in [1.807, 2.05) is 25.7 Å². The van der Waals surface area contributed by atoms with E-state index in [1.54, 1.807) is 0 Å². The average Bonchev–Trinajstić information content (AvgIpc) is 2.56. The zero-order valence-corrected chi connectivity index (χ0v) is 10.3. The van der Waals surface area contributed by atoms with Gasteiger partial charge in [-0.2, -0.15) is 0 Å². The molecule has 92 valence electrons. The van der Waals surface area contributed by atoms with Crippen LogP contribution in [0.4, 0.5) is 0 Å². The number of Topliss-reactive ketones (excluding diaryl/α,β-unsaturated/α-hetero) is 1. The van der Waals surface area contributed by atoms with E-state index in [4.69, 9.17) is 4.74 Å². The number of rotatable bonds is 2. The first kappa shape index (κ1) is 12.0. The maximum absolute atomic E-state index is 11.2. The molecule has 4 heteroatoms. The Balaban J connectivity index is 1.88. The molecule has 3 atom stereocenters. The predicted octanol–water partition coefficient (Wildman–Crippen LogP) is 0.988. The Morgan fingerprint density at radius 1 is 1.31 bits per heavy atom. The molecule has 0 spiro atoms. The van der Waals surface area contributed by atoms with E-state index >= 15 is 0 Å². The van der Waals surface area contributed by atoms with Gasteiger partial charge in [0.25, 0.3) is 0 Å². The fourth-order valence-electron chi connectivity index (χ4n) is 2.68. The van der Waals surface area contributed by atoms with Gasteiger partial charge in [0.1, 0.15) is 5.78 Å². The molecule has 0 bridgehead atoms. The zero-order valence-electron chi connectivity index (χ0n) is 10.3. The molecule has 0 amide bonds. The lowest BCUT2D eigenvalue weighted by molar-refractivity contribution is -0.235. The third-order valence-electron chi connectivity index (χ3n) is 3.36. The standard InChI is InChI=1S/C12H21NO3/c1-12(2,3)16-11(15)13-6-8-4-10(14)5-9(8)7-13/h8-9,11,15H,4-7H2,1-3H3/t8-,9+,11?. The molecule has 1 saturated carbocycles. The number of fused-ring (bicyclic) bond motifs is 1. The second-order valence-electron chi connectivity index (χ2n) is 5.98. The first-order chi connectivity index (χ1) is 7.35. The van der Waals surface area contributed by atoms with Crippen LogP contribution in [-0.4, -0.2) is 40.9 Å². The molecule has 0 aromatic carbocycles. The maximum atomic E-state index is 11.2. The molecular formula is C12H21NO3. The molecule has 0 aromatic heterocycles. The lowest BCUT2D eigenvalue weighted by Crippen LogP contribution is -2.41. The summed E-state index contributed by atoms with van der Waals surface area (Å²) in [5.41, 5.74) is -0.340. The average molecular weight is 227 g/mol. The highest BCUT2D eigenvalue weighted by molar-refractivity contribution is 5.81. The van der Waals surface area contributed by atoms with E-state index in [-0.39, 0.29) is 5.60 Å². The van der Waals surface area contributed by atoms with Crippen LogP contribution in [0.25, 0.3) is 0 Å². The monoisotopic (exact) mass is 227 g/mol. The van der Waals surface area contributed by atoms with Gasteiger partial charge in [-0.3, -0.25) is 9.69 Å². The Kier molecular flexibility index (Phi) is 3.07. The lowest BCUT2D eigenvalue weighted by atomic mass is 10.0. The van der Waals surface area contributed by atoms with Crippen molar-refractivity contribution < 1.29 is 14.6 Å². The molecule has 4 nitrogen and oxygen atoms in total. The number of hydrogen-bond donors (Lipinski definition) is 1. The molecule has 1 N–H and O–H groups in total. The molecule has 1 unspecified atom stereocenters. The van der Waals surface area contributed by atoms with E-state index in [0.717, 1.165) is 13.1 Å². The summed E-state index contributed by atoms with van der Waals surface area (Å²) in [5.74, 6) is 1.25. The summed E-state index contributed by atoms with van der Waals surface area (Å²) in [6.45, 7) is 7.35. The molecule has 2 fully saturated rings. The Morgan fingerprint density at radius 2 is 1.81 bits per heavy atom. The maximum Gasteiger partial charge on any atom is 0.216 e. The second-order valence-corrected chi connectivity index (χ2v) is 5.98. The topological polar surface area (TPSA) is 49.8 Å². The molecule has 1 aliphatic carbocycles. The van der Waals surface area contributed by atoms with E-state index in [9.17, 15) is 9.90 Å². The highest BCUT2D eigenvalue weighted by Crippen LogP contribution is 2.36. The number of likely N-dealkylation sites (tertiary alicyclic amines) is 1. The molecule has 0 aromatic rings. The largest absolute Gasteiger partial charge is 0.356 e. The van der Waals surface area contributed by atoms with Crippen LogP contribution in [0.1, 0.15) is 33.6 Å². The van der Waals surface area contributed by atoms with Crippen LogP contribution in [0.5, 0.6) is 0 Å². The molecule has 2 rings (SSSR count). The van der Waals surface area contributed by atoms with E-state index in [1.165, 1.54) is 0 Å². The van der Waals surface area contributed by atoms with Crippen molar-refractivity contribution in [2.24, 2.45) is 11.8 Å². The fourth-order valence-corrected chi connectivity index (χ4v) is 2.68. The molecule has 1 aliphatic heterocycles. The third kappa shape index (κ3) is 2.62. The molecule has 1 heterocycles. The van der Waals surface area contributed by atoms with Gasteiger partial charge in [-0.05, 0) is 32.6 Å². The summed E-state index contributed by atoms with van der Waals surface area (Å²) in [7, 11) is 0. The van der Waals surface area contributed by atoms with Crippen molar-refractivity contribution in [2.75, 3.05) is 13.1 Å². The molecule has 0 radical (unpaired) electrons. The quantitative estimate of drug-likeness (QED) is 0.715. The van der Waals surface area contributed by atoms with Gasteiger partial charge in [0.05, 0.1) is 5.60 Å². The van der Waals surface area contributed by atoms with Gasteiger partial charge < -0.3 is 9.84 Å². The minimum Gasteiger partial charge on any atom is -0.356 e. The Morgan fingerprint density at radius 3 is 2.25 bits per heavy atom. The Hall–Kier alpha value is -0.450. The number of ether oxygens (including phenoxy) is 1. The number of hydrogen-bond acceptors (Lipinski definition) is 4. The smallest absolute Gasteiger partial charge is 0.216 e. The van der Waals surface area contributed by atoms with Crippen LogP contribution < -0.4 is 0 Å². The van der Waals surface area contributed by atoms with E-state index in [0.29, 0.717) is 30.5 Å². The zero-order chi connectivity index (χ0) is 11.9. The van der Waals surface area contributed by atoms with Crippen molar-refractivity contribution in [1.29, 1.82) is 0 Å². The van der Waals surface area contributed by atoms with Crippen molar-refractivity contribution >= 4 is 5.78 Å². The van der Waals surface area contributed by atoms with Crippen LogP contribution >= 0.6 is 0 Å². The van der Waals surface area contributed by atoms with Gasteiger partial charge in [0, 0.05) is 25.9 Å². The van der Waals surface area contributed by atoms with Crippen LogP contribution in [0, 0.1) is 11.8 Å². The Bertz CT molecular complexity index is 268. The third-order valence-corrected chi connectivity index (χ3v) is 3.36. The van der Waals surface area contributed by atoms with Gasteiger partial charge in [-0.25, -0.2) is 0 Å². The summed E-state index contributed by atoms with van der Waals surface area (Å²) < 4.78 is 5.51. The SMILES string of the molecule is CC(C)(C)OC(O)N1C[C@H]2CC(=O)C[C@H]2C1. The number of aliphatic hydroxyl groups is 1. The highest BCUT2D eigenvalue weighted by atomic mass is 16.6. The van der Waals surface area contributed by atoms with Crippen LogP contribution in [-0.2, 0) is 9.53 Å². The van der Waals surface area contributed by atoms with Gasteiger partial charge in [-0.1, -0.05) is 0 Å². The number of carbonyl (C=O) groups is 1. The summed E-state index contributed by atoms with van der Waals surface area (Å²) in [4.78, 5) is 13.2. The van der Waals surface area contributed by atoms with Crippen LogP contribution in [0.3, 0.4) is 0 Å². The first-order valence-corrected chi connectivity index (χ1v) is 5.97. The van der Waals surface area contributed by atoms with Crippen molar-refractivity contribution in [3.05, 3.63) is 0 Å². The van der Waals surface area contributed by atoms with Crippen LogP contribution in [0.2, 0.25) is 0 Å². The Labute approximate surface area is 96.6 Å². The normalized spacial score (nSPS) is 33.1. The van der Waals surface area contributed by atoms with Gasteiger partial charge in [-0.15, -0.1) is 0 Å². The van der Waals surface area contributed by atoms with Gasteiger partial charge >= 0.3 is 0 Å². The number of carbonyl (C=O) groups excluding carboxylic acids is 1. The van der Waals surface area contributed by atoms with Gasteiger partial charge in [0.2, 0.25) is 6.41 Å². The molecular weight excluding hydrogens is 206 g/mol. The van der Waals surface area contributed by atoms with E-state index < -0.39 is 6.41 Å². The summed E-state index contributed by atoms with van der Waals surface area (Å²) in [6.07, 6.45) is 0.535. The minimum absolute atomic E-state index is 0.340.